The van der Waals surface area contributed by atoms with E-state index in [-0.39, 0.29) is 17.2 Å². The fourth-order valence-electron chi connectivity index (χ4n) is 4.59. The first kappa shape index (κ1) is 29.5. The van der Waals surface area contributed by atoms with Crippen molar-refractivity contribution in [2.75, 3.05) is 6.61 Å². The molecule has 0 aromatic heterocycles. The quantitative estimate of drug-likeness (QED) is 0.296. The first-order valence-corrected chi connectivity index (χ1v) is 20.1. The van der Waals surface area contributed by atoms with Crippen molar-refractivity contribution < 1.29 is 17.6 Å². The van der Waals surface area contributed by atoms with Crippen molar-refractivity contribution in [3.63, 3.8) is 0 Å². The predicted octanol–water partition coefficient (Wildman–Crippen LogP) is 7.60. The number of sulfone groups is 1. The molecule has 0 spiro atoms. The second-order valence-electron chi connectivity index (χ2n) is 11.5. The summed E-state index contributed by atoms with van der Waals surface area (Å²) in [6.07, 6.45) is 3.69. The van der Waals surface area contributed by atoms with Gasteiger partial charge in [0.15, 0.2) is 18.2 Å². The minimum Gasteiger partial charge on any atom is -0.414 e. The lowest BCUT2D eigenvalue weighted by atomic mass is 9.94. The van der Waals surface area contributed by atoms with E-state index in [4.69, 9.17) is 9.16 Å². The Hall–Kier alpha value is -0.736. The summed E-state index contributed by atoms with van der Waals surface area (Å²) in [7, 11) is -7.63. The molecule has 2 rings (SSSR count). The summed E-state index contributed by atoms with van der Waals surface area (Å²) in [6.45, 7) is 20.6. The van der Waals surface area contributed by atoms with Gasteiger partial charge in [0.2, 0.25) is 0 Å². The van der Waals surface area contributed by atoms with Gasteiger partial charge in [-0.3, -0.25) is 0 Å². The van der Waals surface area contributed by atoms with Crippen LogP contribution >= 0.6 is 0 Å². The molecule has 1 saturated heterocycles. The summed E-state index contributed by atoms with van der Waals surface area (Å²) in [6, 6.07) is 11.7. The van der Waals surface area contributed by atoms with Crippen molar-refractivity contribution in [2.45, 2.75) is 115 Å². The minimum absolute atomic E-state index is 0.00856. The molecule has 34 heavy (non-hydrogen) atoms. The monoisotopic (exact) mass is 524 g/mol. The van der Waals surface area contributed by atoms with E-state index in [1.54, 1.807) is 12.1 Å². The fraction of sp³-hybridized carbons (Fsp3) is 0.704. The lowest BCUT2D eigenvalue weighted by Gasteiger charge is -2.40. The Morgan fingerprint density at radius 3 is 2.12 bits per heavy atom. The van der Waals surface area contributed by atoms with E-state index >= 15 is 0 Å². The van der Waals surface area contributed by atoms with Crippen LogP contribution in [-0.4, -0.2) is 43.6 Å². The lowest BCUT2D eigenvalue weighted by molar-refractivity contribution is -0.0777. The van der Waals surface area contributed by atoms with Crippen LogP contribution in [0, 0.1) is 5.92 Å². The third-order valence-corrected chi connectivity index (χ3v) is 22.0. The molecule has 3 atom stereocenters. The standard InChI is InChI=1S/C27H48O4SSi2/c1-10-34(11-2,12-3)26(32(28,29)24-16-14-13-15-17-24)20-23-19-18-22(4)25(31-23)21-30-33(8,9)27(5,6)7/h13-17,20,22-23,25H,10-12,18-19,21H2,1-9H3/b26-20+/t22-,23+,25+/m0/s1. The third-order valence-electron chi connectivity index (χ3n) is 8.54. The summed E-state index contributed by atoms with van der Waals surface area (Å²) >= 11 is 0. The van der Waals surface area contributed by atoms with Crippen molar-refractivity contribution in [1.82, 2.24) is 0 Å². The Labute approximate surface area is 211 Å². The topological polar surface area (TPSA) is 52.6 Å². The third kappa shape index (κ3) is 6.52. The van der Waals surface area contributed by atoms with Gasteiger partial charge in [-0.15, -0.1) is 0 Å². The Balaban J connectivity index is 2.41. The number of hydrogen-bond donors (Lipinski definition) is 0. The SMILES string of the molecule is CC[Si](CC)(CC)/C(=C/[C@H]1CC[C@H](C)[C@@H](CO[Si](C)(C)C(C)(C)C)O1)S(=O)(=O)c1ccccc1. The Kier molecular flexibility index (Phi) is 10.0. The largest absolute Gasteiger partial charge is 0.414 e. The van der Waals surface area contributed by atoms with Gasteiger partial charge < -0.3 is 9.16 Å². The van der Waals surface area contributed by atoms with E-state index in [2.05, 4.69) is 61.6 Å². The van der Waals surface area contributed by atoms with Gasteiger partial charge in [-0.05, 0) is 55.1 Å². The first-order chi connectivity index (χ1) is 15.7. The summed E-state index contributed by atoms with van der Waals surface area (Å²) in [5, 5.41) is 0.149. The highest BCUT2D eigenvalue weighted by molar-refractivity contribution is 7.97. The second kappa shape index (κ2) is 11.5. The van der Waals surface area contributed by atoms with Crippen molar-refractivity contribution >= 4 is 26.2 Å². The summed E-state index contributed by atoms with van der Waals surface area (Å²) < 4.78 is 41.6. The van der Waals surface area contributed by atoms with E-state index < -0.39 is 26.2 Å². The van der Waals surface area contributed by atoms with Crippen molar-refractivity contribution in [2.24, 2.45) is 5.92 Å². The number of rotatable bonds is 10. The van der Waals surface area contributed by atoms with Crippen LogP contribution in [0.4, 0.5) is 0 Å². The first-order valence-electron chi connectivity index (χ1n) is 13.1. The van der Waals surface area contributed by atoms with Gasteiger partial charge >= 0.3 is 0 Å². The van der Waals surface area contributed by atoms with Crippen LogP contribution < -0.4 is 0 Å². The molecule has 0 N–H and O–H groups in total. The van der Waals surface area contributed by atoms with Gasteiger partial charge in [0.05, 0.1) is 23.7 Å². The number of ether oxygens (including phenoxy) is 1. The average Bonchev–Trinajstić information content (AvgIpc) is 2.79. The number of benzene rings is 1. The van der Waals surface area contributed by atoms with Gasteiger partial charge in [-0.25, -0.2) is 8.42 Å². The Morgan fingerprint density at radius 1 is 1.06 bits per heavy atom. The van der Waals surface area contributed by atoms with E-state index in [0.717, 1.165) is 31.0 Å². The predicted molar refractivity (Wildman–Crippen MR) is 149 cm³/mol. The zero-order valence-electron chi connectivity index (χ0n) is 23.0. The van der Waals surface area contributed by atoms with E-state index in [0.29, 0.717) is 21.9 Å². The highest BCUT2D eigenvalue weighted by Gasteiger charge is 2.42. The molecule has 7 heteroatoms. The van der Waals surface area contributed by atoms with Crippen LogP contribution in [0.3, 0.4) is 0 Å². The van der Waals surface area contributed by atoms with Gasteiger partial charge in [0.1, 0.15) is 8.07 Å². The molecule has 1 fully saturated rings. The molecule has 1 aromatic carbocycles. The molecule has 1 heterocycles. The van der Waals surface area contributed by atoms with Gasteiger partial charge in [0.25, 0.3) is 0 Å². The van der Waals surface area contributed by atoms with Gasteiger partial charge in [0, 0.05) is 4.53 Å². The number of hydrogen-bond acceptors (Lipinski definition) is 4. The smallest absolute Gasteiger partial charge is 0.198 e. The van der Waals surface area contributed by atoms with Crippen molar-refractivity contribution in [1.29, 1.82) is 0 Å². The average molecular weight is 525 g/mol. The molecule has 4 nitrogen and oxygen atoms in total. The van der Waals surface area contributed by atoms with Gasteiger partial charge in [-0.1, -0.05) is 84.8 Å². The molecule has 1 aromatic rings. The normalized spacial score (nSPS) is 23.2. The van der Waals surface area contributed by atoms with Crippen LogP contribution in [0.25, 0.3) is 0 Å². The zero-order valence-corrected chi connectivity index (χ0v) is 25.8. The van der Waals surface area contributed by atoms with Crippen LogP contribution in [0.1, 0.15) is 61.3 Å². The molecule has 1 aliphatic heterocycles. The molecule has 0 saturated carbocycles. The van der Waals surface area contributed by atoms with Crippen molar-refractivity contribution in [3.05, 3.63) is 40.9 Å². The molecule has 194 valence electrons. The molecular formula is C27H48O4SSi2. The summed E-state index contributed by atoms with van der Waals surface area (Å²) in [5.74, 6) is 0.397. The maximum absolute atomic E-state index is 13.9. The van der Waals surface area contributed by atoms with E-state index in [1.807, 2.05) is 24.3 Å². The van der Waals surface area contributed by atoms with Crippen molar-refractivity contribution in [3.8, 4) is 0 Å². The molecule has 0 radical (unpaired) electrons. The molecule has 0 bridgehead atoms. The summed E-state index contributed by atoms with van der Waals surface area (Å²) in [5.41, 5.74) is 0. The summed E-state index contributed by atoms with van der Waals surface area (Å²) in [4.78, 5) is 0.399. The highest BCUT2D eigenvalue weighted by atomic mass is 32.2. The van der Waals surface area contributed by atoms with E-state index in [9.17, 15) is 8.42 Å². The highest BCUT2D eigenvalue weighted by Crippen LogP contribution is 2.39. The second-order valence-corrected chi connectivity index (χ2v) is 23.8. The van der Waals surface area contributed by atoms with Crippen LogP contribution in [0.2, 0.25) is 36.3 Å². The fourth-order valence-corrected chi connectivity index (χ4v) is 13.7. The molecule has 0 aliphatic carbocycles. The Bertz CT molecular complexity index is 907. The lowest BCUT2D eigenvalue weighted by Crippen LogP contribution is -2.46. The maximum Gasteiger partial charge on any atom is 0.198 e. The molecule has 0 unspecified atom stereocenters. The molecule has 0 amide bonds. The Morgan fingerprint density at radius 2 is 1.62 bits per heavy atom. The van der Waals surface area contributed by atoms with Gasteiger partial charge in [-0.2, -0.15) is 0 Å². The van der Waals surface area contributed by atoms with E-state index in [1.165, 1.54) is 0 Å². The molecule has 1 aliphatic rings. The minimum atomic E-state index is -3.56. The van der Waals surface area contributed by atoms with Crippen LogP contribution in [0.15, 0.2) is 45.8 Å². The maximum atomic E-state index is 13.9. The van der Waals surface area contributed by atoms with Crippen LogP contribution in [-0.2, 0) is 19.0 Å². The molecular weight excluding hydrogens is 477 g/mol. The zero-order chi connectivity index (χ0) is 25.8. The van der Waals surface area contributed by atoms with Crippen LogP contribution in [0.5, 0.6) is 0 Å².